The average Bonchev–Trinajstić information content (AvgIpc) is 2.67. The van der Waals surface area contributed by atoms with E-state index in [-0.39, 0.29) is 0 Å². The molecule has 1 aliphatic rings. The van der Waals surface area contributed by atoms with Gasteiger partial charge in [-0.15, -0.1) is 0 Å². The van der Waals surface area contributed by atoms with Gasteiger partial charge in [0.05, 0.1) is 5.60 Å². The van der Waals surface area contributed by atoms with E-state index in [1.807, 2.05) is 19.3 Å². The van der Waals surface area contributed by atoms with E-state index in [0.29, 0.717) is 0 Å². The standard InChI is InChI=1S/C10H13NO/c1-8-4-9(7-11-6-8)5-10(12)2-3-10/h4,6-7,12H,2-3,5H2,1H3. The molecule has 0 spiro atoms. The molecule has 1 aromatic rings. The summed E-state index contributed by atoms with van der Waals surface area (Å²) in [5.41, 5.74) is 1.92. The molecule has 0 unspecified atom stereocenters. The zero-order chi connectivity index (χ0) is 8.60. The maximum Gasteiger partial charge on any atom is 0.0690 e. The molecule has 1 N–H and O–H groups in total. The molecule has 12 heavy (non-hydrogen) atoms. The summed E-state index contributed by atoms with van der Waals surface area (Å²) in [5, 5.41) is 9.65. The Morgan fingerprint density at radius 2 is 2.25 bits per heavy atom. The number of aliphatic hydroxyl groups is 1. The lowest BCUT2D eigenvalue weighted by Gasteiger charge is -2.06. The summed E-state index contributed by atoms with van der Waals surface area (Å²) in [6.45, 7) is 2.02. The van der Waals surface area contributed by atoms with Crippen LogP contribution < -0.4 is 0 Å². The zero-order valence-corrected chi connectivity index (χ0v) is 7.25. The first-order valence-corrected chi connectivity index (χ1v) is 4.31. The Hall–Kier alpha value is -0.890. The quantitative estimate of drug-likeness (QED) is 0.716. The molecule has 1 heterocycles. The molecule has 1 saturated carbocycles. The fraction of sp³-hybridized carbons (Fsp3) is 0.500. The normalized spacial score (nSPS) is 19.2. The molecule has 2 rings (SSSR count). The molecule has 0 aromatic carbocycles. The molecule has 2 nitrogen and oxygen atoms in total. The first-order chi connectivity index (χ1) is 5.68. The Labute approximate surface area is 72.3 Å². The zero-order valence-electron chi connectivity index (χ0n) is 7.25. The molecule has 1 aliphatic carbocycles. The van der Waals surface area contributed by atoms with Crippen LogP contribution in [0.15, 0.2) is 18.5 Å². The number of nitrogens with zero attached hydrogens (tertiary/aromatic N) is 1. The first kappa shape index (κ1) is 7.74. The van der Waals surface area contributed by atoms with E-state index in [1.54, 1.807) is 0 Å². The SMILES string of the molecule is Cc1cncc(CC2(O)CC2)c1. The van der Waals surface area contributed by atoms with Crippen molar-refractivity contribution >= 4 is 0 Å². The highest BCUT2D eigenvalue weighted by Gasteiger charge is 2.40. The van der Waals surface area contributed by atoms with Crippen LogP contribution in [0.25, 0.3) is 0 Å². The number of aryl methyl sites for hydroxylation is 1. The van der Waals surface area contributed by atoms with Gasteiger partial charge >= 0.3 is 0 Å². The van der Waals surface area contributed by atoms with E-state index >= 15 is 0 Å². The molecule has 1 fully saturated rings. The highest BCUT2D eigenvalue weighted by Crippen LogP contribution is 2.38. The van der Waals surface area contributed by atoms with Crippen molar-refractivity contribution in [2.24, 2.45) is 0 Å². The van der Waals surface area contributed by atoms with E-state index in [0.717, 1.165) is 30.4 Å². The summed E-state index contributed by atoms with van der Waals surface area (Å²) < 4.78 is 0. The molecular weight excluding hydrogens is 150 g/mol. The minimum absolute atomic E-state index is 0.393. The Morgan fingerprint density at radius 1 is 1.50 bits per heavy atom. The van der Waals surface area contributed by atoms with Crippen molar-refractivity contribution in [2.45, 2.75) is 31.8 Å². The maximum absolute atomic E-state index is 9.65. The Bertz CT molecular complexity index is 292. The molecule has 0 amide bonds. The molecule has 1 aromatic heterocycles. The van der Waals surface area contributed by atoms with E-state index in [1.165, 1.54) is 0 Å². The van der Waals surface area contributed by atoms with Gasteiger partial charge in [-0.1, -0.05) is 6.07 Å². The lowest BCUT2D eigenvalue weighted by Crippen LogP contribution is -2.10. The van der Waals surface area contributed by atoms with Crippen LogP contribution in [0.2, 0.25) is 0 Å². The predicted molar refractivity (Wildman–Crippen MR) is 46.9 cm³/mol. The summed E-state index contributed by atoms with van der Waals surface area (Å²) in [7, 11) is 0. The van der Waals surface area contributed by atoms with Gasteiger partial charge < -0.3 is 5.11 Å². The van der Waals surface area contributed by atoms with Gasteiger partial charge in [-0.25, -0.2) is 0 Å². The van der Waals surface area contributed by atoms with E-state index < -0.39 is 5.60 Å². The summed E-state index contributed by atoms with van der Waals surface area (Å²) in [6, 6.07) is 2.09. The molecule has 0 aliphatic heterocycles. The third-order valence-electron chi connectivity index (χ3n) is 2.29. The minimum atomic E-state index is -0.393. The molecule has 0 bridgehead atoms. The summed E-state index contributed by atoms with van der Waals surface area (Å²) in [6.07, 6.45) is 6.33. The summed E-state index contributed by atoms with van der Waals surface area (Å²) in [4.78, 5) is 4.09. The smallest absolute Gasteiger partial charge is 0.0690 e. The summed E-state index contributed by atoms with van der Waals surface area (Å²) in [5.74, 6) is 0. The van der Waals surface area contributed by atoms with Crippen molar-refractivity contribution in [2.75, 3.05) is 0 Å². The molecular formula is C10H13NO. The van der Waals surface area contributed by atoms with Crippen LogP contribution >= 0.6 is 0 Å². The van der Waals surface area contributed by atoms with Crippen LogP contribution in [0, 0.1) is 6.92 Å². The number of pyridine rings is 1. The molecule has 2 heteroatoms. The van der Waals surface area contributed by atoms with Crippen LogP contribution in [-0.2, 0) is 6.42 Å². The van der Waals surface area contributed by atoms with Crippen LogP contribution in [0.1, 0.15) is 24.0 Å². The topological polar surface area (TPSA) is 33.1 Å². The van der Waals surface area contributed by atoms with Gasteiger partial charge in [-0.2, -0.15) is 0 Å². The van der Waals surface area contributed by atoms with Crippen LogP contribution in [-0.4, -0.2) is 15.7 Å². The number of rotatable bonds is 2. The lowest BCUT2D eigenvalue weighted by molar-refractivity contribution is 0.151. The first-order valence-electron chi connectivity index (χ1n) is 4.31. The van der Waals surface area contributed by atoms with E-state index in [2.05, 4.69) is 11.1 Å². The van der Waals surface area contributed by atoms with Crippen LogP contribution in [0.3, 0.4) is 0 Å². The van der Waals surface area contributed by atoms with Gasteiger partial charge in [0.15, 0.2) is 0 Å². The average molecular weight is 163 g/mol. The third kappa shape index (κ3) is 1.64. The van der Waals surface area contributed by atoms with Gasteiger partial charge in [-0.05, 0) is 30.9 Å². The van der Waals surface area contributed by atoms with Gasteiger partial charge in [0.25, 0.3) is 0 Å². The molecule has 0 radical (unpaired) electrons. The molecule has 64 valence electrons. The van der Waals surface area contributed by atoms with Crippen molar-refractivity contribution in [3.63, 3.8) is 0 Å². The Morgan fingerprint density at radius 3 is 2.83 bits per heavy atom. The van der Waals surface area contributed by atoms with Crippen molar-refractivity contribution in [3.05, 3.63) is 29.6 Å². The largest absolute Gasteiger partial charge is 0.390 e. The van der Waals surface area contributed by atoms with Gasteiger partial charge in [-0.3, -0.25) is 4.98 Å². The number of hydrogen-bond donors (Lipinski definition) is 1. The van der Waals surface area contributed by atoms with Crippen molar-refractivity contribution in [3.8, 4) is 0 Å². The van der Waals surface area contributed by atoms with Crippen molar-refractivity contribution in [1.82, 2.24) is 4.98 Å². The summed E-state index contributed by atoms with van der Waals surface area (Å²) >= 11 is 0. The number of aromatic nitrogens is 1. The highest BCUT2D eigenvalue weighted by molar-refractivity contribution is 5.20. The highest BCUT2D eigenvalue weighted by atomic mass is 16.3. The van der Waals surface area contributed by atoms with Gasteiger partial charge in [0, 0.05) is 18.8 Å². The fourth-order valence-corrected chi connectivity index (χ4v) is 1.42. The predicted octanol–water partition coefficient (Wildman–Crippen LogP) is 1.46. The molecule has 0 saturated heterocycles. The van der Waals surface area contributed by atoms with Gasteiger partial charge in [0.2, 0.25) is 0 Å². The molecule has 0 atom stereocenters. The number of hydrogen-bond acceptors (Lipinski definition) is 2. The Kier molecular flexibility index (Phi) is 1.65. The monoisotopic (exact) mass is 163 g/mol. The third-order valence-corrected chi connectivity index (χ3v) is 2.29. The Balaban J connectivity index is 2.12. The van der Waals surface area contributed by atoms with Gasteiger partial charge in [0.1, 0.15) is 0 Å². The van der Waals surface area contributed by atoms with Crippen molar-refractivity contribution in [1.29, 1.82) is 0 Å². The minimum Gasteiger partial charge on any atom is -0.390 e. The lowest BCUT2D eigenvalue weighted by atomic mass is 10.1. The van der Waals surface area contributed by atoms with Crippen LogP contribution in [0.4, 0.5) is 0 Å². The second kappa shape index (κ2) is 2.56. The van der Waals surface area contributed by atoms with E-state index in [9.17, 15) is 5.11 Å². The second-order valence-corrected chi connectivity index (χ2v) is 3.77. The maximum atomic E-state index is 9.65. The second-order valence-electron chi connectivity index (χ2n) is 3.77. The van der Waals surface area contributed by atoms with E-state index in [4.69, 9.17) is 0 Å². The fourth-order valence-electron chi connectivity index (χ4n) is 1.42. The van der Waals surface area contributed by atoms with Crippen molar-refractivity contribution < 1.29 is 5.11 Å². The van der Waals surface area contributed by atoms with Crippen LogP contribution in [0.5, 0.6) is 0 Å².